The summed E-state index contributed by atoms with van der Waals surface area (Å²) in [6, 6.07) is 20.6. The molecule has 0 radical (unpaired) electrons. The van der Waals surface area contributed by atoms with Crippen LogP contribution in [0.1, 0.15) is 32.5 Å². The Morgan fingerprint density at radius 1 is 0.897 bits per heavy atom. The van der Waals surface area contributed by atoms with Crippen molar-refractivity contribution in [3.8, 4) is 0 Å². The molecular weight excluding hydrogens is 524 g/mol. The topological polar surface area (TPSA) is 87.7 Å². The fourth-order valence-electron chi connectivity index (χ4n) is 4.29. The van der Waals surface area contributed by atoms with Crippen molar-refractivity contribution in [3.05, 3.63) is 124 Å². The molecule has 0 spiro atoms. The summed E-state index contributed by atoms with van der Waals surface area (Å²) in [5, 5.41) is 7.41. The molecule has 5 rings (SSSR count). The molecular formula is C29H23F2N3O4S. The zero-order valence-corrected chi connectivity index (χ0v) is 21.3. The lowest BCUT2D eigenvalue weighted by Crippen LogP contribution is -2.46. The van der Waals surface area contributed by atoms with E-state index in [0.717, 1.165) is 0 Å². The fraction of sp³-hybridized carbons (Fsp3) is 0.138. The fourth-order valence-corrected chi connectivity index (χ4v) is 4.91. The minimum Gasteiger partial charge on any atom is -0.438 e. The van der Waals surface area contributed by atoms with Crippen LogP contribution in [0.3, 0.4) is 0 Å². The highest BCUT2D eigenvalue weighted by Crippen LogP contribution is 2.34. The average Bonchev–Trinajstić information content (AvgIpc) is 3.58. The highest BCUT2D eigenvalue weighted by atomic mass is 32.1. The Labute approximate surface area is 227 Å². The number of rotatable bonds is 8. The van der Waals surface area contributed by atoms with E-state index in [1.54, 1.807) is 54.6 Å². The summed E-state index contributed by atoms with van der Waals surface area (Å²) in [5.74, 6) is -1.59. The molecule has 10 heteroatoms. The molecule has 0 aliphatic carbocycles. The van der Waals surface area contributed by atoms with Crippen molar-refractivity contribution in [3.63, 3.8) is 0 Å². The van der Waals surface area contributed by atoms with Crippen LogP contribution in [0.2, 0.25) is 0 Å². The van der Waals surface area contributed by atoms with Crippen LogP contribution in [0.25, 0.3) is 0 Å². The van der Waals surface area contributed by atoms with E-state index < -0.39 is 35.8 Å². The molecule has 0 bridgehead atoms. The highest BCUT2D eigenvalue weighted by Gasteiger charge is 2.47. The van der Waals surface area contributed by atoms with Gasteiger partial charge in [0, 0.05) is 12.2 Å². The van der Waals surface area contributed by atoms with Crippen molar-refractivity contribution in [2.45, 2.75) is 25.2 Å². The summed E-state index contributed by atoms with van der Waals surface area (Å²) in [4.78, 5) is 40.6. The molecule has 4 aromatic rings. The van der Waals surface area contributed by atoms with Crippen molar-refractivity contribution in [1.82, 2.24) is 10.2 Å². The molecule has 7 nitrogen and oxygen atoms in total. The lowest BCUT2D eigenvalue weighted by molar-refractivity contribution is -0.126. The van der Waals surface area contributed by atoms with Gasteiger partial charge in [-0.25, -0.2) is 13.6 Å². The molecule has 39 heavy (non-hydrogen) atoms. The lowest BCUT2D eigenvalue weighted by Gasteiger charge is -2.24. The van der Waals surface area contributed by atoms with Gasteiger partial charge in [-0.3, -0.25) is 14.5 Å². The van der Waals surface area contributed by atoms with Crippen molar-refractivity contribution < 1.29 is 27.9 Å². The number of nitrogens with one attached hydrogen (secondary N) is 2. The smallest absolute Gasteiger partial charge is 0.411 e. The Kier molecular flexibility index (Phi) is 7.64. The molecule has 198 valence electrons. The predicted molar refractivity (Wildman–Crippen MR) is 142 cm³/mol. The molecule has 1 fully saturated rings. The molecule has 1 aliphatic rings. The van der Waals surface area contributed by atoms with Crippen molar-refractivity contribution in [1.29, 1.82) is 0 Å². The second kappa shape index (κ2) is 11.4. The molecule has 1 saturated heterocycles. The van der Waals surface area contributed by atoms with Gasteiger partial charge in [-0.1, -0.05) is 42.5 Å². The van der Waals surface area contributed by atoms with Gasteiger partial charge in [0.05, 0.1) is 11.4 Å². The van der Waals surface area contributed by atoms with Crippen LogP contribution >= 0.6 is 11.3 Å². The summed E-state index contributed by atoms with van der Waals surface area (Å²) in [6.07, 6.45) is -1.68. The van der Waals surface area contributed by atoms with Gasteiger partial charge in [0.1, 0.15) is 11.6 Å². The first kappa shape index (κ1) is 26.1. The van der Waals surface area contributed by atoms with Gasteiger partial charge in [-0.2, -0.15) is 0 Å². The summed E-state index contributed by atoms with van der Waals surface area (Å²) >= 11 is 1.32. The van der Waals surface area contributed by atoms with Crippen LogP contribution in [-0.2, 0) is 22.6 Å². The van der Waals surface area contributed by atoms with Gasteiger partial charge < -0.3 is 15.4 Å². The standard InChI is InChI=1S/C29H23F2N3O4S/c30-21-10-6-18(7-11-21)16-32-28(36)25-26(38-29(37)34(25)17-19-3-1-4-22(31)15-19)20-8-12-23(13-9-20)33-27(35)24-5-2-14-39-24/h1-15,25-26H,16-17H2,(H,32,36)(H,33,35). The summed E-state index contributed by atoms with van der Waals surface area (Å²) < 4.78 is 32.7. The maximum Gasteiger partial charge on any atom is 0.411 e. The van der Waals surface area contributed by atoms with Crippen LogP contribution in [0.4, 0.5) is 19.3 Å². The first-order valence-electron chi connectivity index (χ1n) is 12.1. The SMILES string of the molecule is O=C(Nc1ccc(C2OC(=O)N(Cc3cccc(F)c3)C2C(=O)NCc2ccc(F)cc2)cc1)c1cccs1. The third kappa shape index (κ3) is 6.12. The van der Waals surface area contributed by atoms with Crippen LogP contribution in [0.5, 0.6) is 0 Å². The number of halogens is 2. The Morgan fingerprint density at radius 3 is 2.36 bits per heavy atom. The van der Waals surface area contributed by atoms with Crippen LogP contribution in [0, 0.1) is 11.6 Å². The van der Waals surface area contributed by atoms with E-state index >= 15 is 0 Å². The first-order valence-corrected chi connectivity index (χ1v) is 12.9. The second-order valence-corrected chi connectivity index (χ2v) is 9.85. The number of ether oxygens (including phenoxy) is 1. The Hall–Kier alpha value is -4.57. The second-order valence-electron chi connectivity index (χ2n) is 8.90. The average molecular weight is 548 g/mol. The maximum absolute atomic E-state index is 13.8. The number of thiophene rings is 1. The van der Waals surface area contributed by atoms with E-state index in [1.165, 1.54) is 46.6 Å². The Bertz CT molecular complexity index is 1480. The third-order valence-electron chi connectivity index (χ3n) is 6.22. The molecule has 0 saturated carbocycles. The van der Waals surface area contributed by atoms with E-state index in [4.69, 9.17) is 4.74 Å². The third-order valence-corrected chi connectivity index (χ3v) is 7.09. The quantitative estimate of drug-likeness (QED) is 0.298. The number of anilines is 1. The number of amides is 3. The minimum absolute atomic E-state index is 0.0450. The van der Waals surface area contributed by atoms with E-state index in [1.807, 2.05) is 5.38 Å². The van der Waals surface area contributed by atoms with Gasteiger partial charge >= 0.3 is 6.09 Å². The molecule has 2 unspecified atom stereocenters. The van der Waals surface area contributed by atoms with Gasteiger partial charge in [-0.15, -0.1) is 11.3 Å². The molecule has 2 atom stereocenters. The predicted octanol–water partition coefficient (Wildman–Crippen LogP) is 5.66. The number of hydrogen-bond donors (Lipinski definition) is 2. The number of benzene rings is 3. The van der Waals surface area contributed by atoms with E-state index in [-0.39, 0.29) is 19.0 Å². The zero-order chi connectivity index (χ0) is 27.4. The van der Waals surface area contributed by atoms with Gasteiger partial charge in [0.2, 0.25) is 5.91 Å². The van der Waals surface area contributed by atoms with Crippen molar-refractivity contribution in [2.24, 2.45) is 0 Å². The monoisotopic (exact) mass is 547 g/mol. The van der Waals surface area contributed by atoms with E-state index in [0.29, 0.717) is 27.3 Å². The molecule has 3 amide bonds. The molecule has 2 N–H and O–H groups in total. The summed E-state index contributed by atoms with van der Waals surface area (Å²) in [7, 11) is 0. The van der Waals surface area contributed by atoms with Gasteiger partial charge in [-0.05, 0) is 64.5 Å². The summed E-state index contributed by atoms with van der Waals surface area (Å²) in [6.45, 7) is 0.0642. The number of carbonyl (C=O) groups is 3. The molecule has 2 heterocycles. The normalized spacial score (nSPS) is 16.6. The van der Waals surface area contributed by atoms with E-state index in [2.05, 4.69) is 10.6 Å². The largest absolute Gasteiger partial charge is 0.438 e. The van der Waals surface area contributed by atoms with Crippen molar-refractivity contribution in [2.75, 3.05) is 5.32 Å². The number of hydrogen-bond acceptors (Lipinski definition) is 5. The Morgan fingerprint density at radius 2 is 1.67 bits per heavy atom. The van der Waals surface area contributed by atoms with Crippen molar-refractivity contribution >= 4 is 34.9 Å². The van der Waals surface area contributed by atoms with Crippen LogP contribution in [-0.4, -0.2) is 28.8 Å². The van der Waals surface area contributed by atoms with Crippen LogP contribution < -0.4 is 10.6 Å². The summed E-state index contributed by atoms with van der Waals surface area (Å²) in [5.41, 5.74) is 2.25. The van der Waals surface area contributed by atoms with Gasteiger partial charge in [0.15, 0.2) is 12.1 Å². The molecule has 3 aromatic carbocycles. The van der Waals surface area contributed by atoms with Crippen LogP contribution in [0.15, 0.2) is 90.3 Å². The zero-order valence-electron chi connectivity index (χ0n) is 20.5. The number of carbonyl (C=O) groups excluding carboxylic acids is 3. The van der Waals surface area contributed by atoms with E-state index in [9.17, 15) is 23.2 Å². The highest BCUT2D eigenvalue weighted by molar-refractivity contribution is 7.12. The minimum atomic E-state index is -1.06. The van der Waals surface area contributed by atoms with Gasteiger partial charge in [0.25, 0.3) is 5.91 Å². The lowest BCUT2D eigenvalue weighted by atomic mass is 10.00. The number of nitrogens with zero attached hydrogens (tertiary/aromatic N) is 1. The number of cyclic esters (lactones) is 1. The maximum atomic E-state index is 13.8. The Balaban J connectivity index is 1.37. The molecule has 1 aromatic heterocycles. The first-order chi connectivity index (χ1) is 18.9. The molecule has 1 aliphatic heterocycles.